The zero-order chi connectivity index (χ0) is 27.0. The number of terminal acetylenes is 2. The van der Waals surface area contributed by atoms with Crippen molar-refractivity contribution in [1.82, 2.24) is 0 Å². The zero-order valence-corrected chi connectivity index (χ0v) is 22.9. The first kappa shape index (κ1) is 27.0. The van der Waals surface area contributed by atoms with Crippen LogP contribution in [0.25, 0.3) is 0 Å². The van der Waals surface area contributed by atoms with Crippen LogP contribution in [0.3, 0.4) is 0 Å². The molecule has 0 amide bonds. The summed E-state index contributed by atoms with van der Waals surface area (Å²) < 4.78 is 0. The van der Waals surface area contributed by atoms with Gasteiger partial charge in [0.15, 0.2) is 0 Å². The molecule has 0 aliphatic carbocycles. The van der Waals surface area contributed by atoms with Gasteiger partial charge in [0.05, 0.1) is 0 Å². The van der Waals surface area contributed by atoms with E-state index in [4.69, 9.17) is 12.8 Å². The average Bonchev–Trinajstić information content (AvgIpc) is 2.89. The molecule has 0 saturated carbocycles. The first-order valence-corrected chi connectivity index (χ1v) is 12.6. The van der Waals surface area contributed by atoms with Gasteiger partial charge >= 0.3 is 0 Å². The minimum Gasteiger partial charge on any atom is -0.507 e. The minimum atomic E-state index is -1.08. The third kappa shape index (κ3) is 3.86. The van der Waals surface area contributed by atoms with Gasteiger partial charge in [0, 0.05) is 5.41 Å². The fourth-order valence-corrected chi connectivity index (χ4v) is 5.79. The Labute approximate surface area is 217 Å². The number of aromatic hydroxyl groups is 2. The van der Waals surface area contributed by atoms with Crippen molar-refractivity contribution in [3.63, 3.8) is 0 Å². The van der Waals surface area contributed by atoms with Crippen LogP contribution in [-0.2, 0) is 10.8 Å². The summed E-state index contributed by atoms with van der Waals surface area (Å²) >= 11 is 0. The van der Waals surface area contributed by atoms with Gasteiger partial charge in [0.2, 0.25) is 0 Å². The predicted molar refractivity (Wildman–Crippen MR) is 151 cm³/mol. The molecule has 0 unspecified atom stereocenters. The highest BCUT2D eigenvalue weighted by Crippen LogP contribution is 2.45. The molecule has 0 aliphatic heterocycles. The van der Waals surface area contributed by atoms with E-state index in [1.54, 1.807) is 0 Å². The number of hydrogen-bond donors (Lipinski definition) is 2. The van der Waals surface area contributed by atoms with Crippen molar-refractivity contribution in [2.75, 3.05) is 0 Å². The first-order chi connectivity index (χ1) is 16.9. The van der Waals surface area contributed by atoms with Crippen molar-refractivity contribution in [2.45, 2.75) is 79.1 Å². The highest BCUT2D eigenvalue weighted by Gasteiger charge is 2.37. The Morgan fingerprint density at radius 3 is 1.58 bits per heavy atom. The van der Waals surface area contributed by atoms with Crippen LogP contribution in [-0.4, -0.2) is 10.2 Å². The lowest BCUT2D eigenvalue weighted by molar-refractivity contribution is 0.455. The molecule has 2 N–H and O–H groups in total. The van der Waals surface area contributed by atoms with Gasteiger partial charge in [0.25, 0.3) is 0 Å². The van der Waals surface area contributed by atoms with E-state index in [2.05, 4.69) is 50.8 Å². The van der Waals surface area contributed by atoms with E-state index in [-0.39, 0.29) is 11.2 Å². The van der Waals surface area contributed by atoms with Crippen LogP contribution >= 0.6 is 0 Å². The van der Waals surface area contributed by atoms with Crippen molar-refractivity contribution in [3.8, 4) is 36.2 Å². The van der Waals surface area contributed by atoms with Gasteiger partial charge in [-0.15, -0.1) is 12.8 Å². The van der Waals surface area contributed by atoms with Gasteiger partial charge in [0.1, 0.15) is 16.9 Å². The lowest BCUT2D eigenvalue weighted by Gasteiger charge is -2.37. The summed E-state index contributed by atoms with van der Waals surface area (Å²) in [7, 11) is 0. The van der Waals surface area contributed by atoms with E-state index in [0.717, 1.165) is 62.9 Å². The van der Waals surface area contributed by atoms with E-state index in [0.29, 0.717) is 5.75 Å². The molecule has 3 rings (SSSR count). The van der Waals surface area contributed by atoms with Crippen LogP contribution in [0.2, 0.25) is 0 Å². The van der Waals surface area contributed by atoms with Crippen LogP contribution in [0.4, 0.5) is 0 Å². The van der Waals surface area contributed by atoms with Crippen LogP contribution in [0, 0.1) is 66.2 Å². The molecule has 3 aromatic rings. The first-order valence-electron chi connectivity index (χ1n) is 12.6. The van der Waals surface area contributed by atoms with Gasteiger partial charge in [-0.25, -0.2) is 0 Å². The molecule has 0 radical (unpaired) electrons. The maximum atomic E-state index is 10.6. The Kier molecular flexibility index (Phi) is 7.34. The van der Waals surface area contributed by atoms with E-state index in [1.165, 1.54) is 5.56 Å². The Bertz CT molecular complexity index is 1390. The highest BCUT2D eigenvalue weighted by molar-refractivity contribution is 5.63. The third-order valence-corrected chi connectivity index (χ3v) is 8.52. The van der Waals surface area contributed by atoms with Crippen molar-refractivity contribution in [1.29, 1.82) is 0 Å². The summed E-state index contributed by atoms with van der Waals surface area (Å²) in [5.41, 5.74) is 8.08. The Balaban J connectivity index is 2.36. The van der Waals surface area contributed by atoms with Crippen molar-refractivity contribution >= 4 is 0 Å². The quantitative estimate of drug-likeness (QED) is 0.358. The molecule has 2 heteroatoms. The maximum Gasteiger partial charge on any atom is 0.141 e. The molecule has 0 atom stereocenters. The number of rotatable bonds is 6. The second-order valence-corrected chi connectivity index (χ2v) is 10.1. The SMILES string of the molecule is C#CC(C#C)(c1cccc(C(CC)(CC)c2cc(C)c(O)c(C)c2C)c1)c1cc(C)c(O)c(C)c1C. The Morgan fingerprint density at radius 1 is 0.667 bits per heavy atom. The van der Waals surface area contributed by atoms with Crippen LogP contribution in [0.15, 0.2) is 36.4 Å². The molecule has 0 spiro atoms. The van der Waals surface area contributed by atoms with Crippen LogP contribution in [0.1, 0.15) is 82.3 Å². The average molecular weight is 479 g/mol. The van der Waals surface area contributed by atoms with Gasteiger partial charge in [-0.05, 0) is 116 Å². The molecule has 186 valence electrons. The maximum absolute atomic E-state index is 10.6. The van der Waals surface area contributed by atoms with Crippen molar-refractivity contribution in [2.24, 2.45) is 0 Å². The van der Waals surface area contributed by atoms with Crippen LogP contribution in [0.5, 0.6) is 11.5 Å². The summed E-state index contributed by atoms with van der Waals surface area (Å²) in [5.74, 6) is 6.54. The summed E-state index contributed by atoms with van der Waals surface area (Å²) in [6.45, 7) is 16.2. The second-order valence-electron chi connectivity index (χ2n) is 10.1. The lowest BCUT2D eigenvalue weighted by Crippen LogP contribution is -2.30. The fraction of sp³-hybridized carbons (Fsp3) is 0.353. The highest BCUT2D eigenvalue weighted by atomic mass is 16.3. The Morgan fingerprint density at radius 2 is 1.11 bits per heavy atom. The Hall–Kier alpha value is -3.62. The topological polar surface area (TPSA) is 40.5 Å². The van der Waals surface area contributed by atoms with Crippen LogP contribution < -0.4 is 0 Å². The molecule has 2 nitrogen and oxygen atoms in total. The van der Waals surface area contributed by atoms with E-state index in [1.807, 2.05) is 52.8 Å². The van der Waals surface area contributed by atoms with Gasteiger partial charge in [-0.1, -0.05) is 56.0 Å². The van der Waals surface area contributed by atoms with Crippen molar-refractivity contribution < 1.29 is 10.2 Å². The molecule has 3 aromatic carbocycles. The molecule has 0 aliphatic rings. The van der Waals surface area contributed by atoms with E-state index < -0.39 is 5.41 Å². The standard InChI is InChI=1S/C34H38O2/c1-11-33(12-2,29-18-21(5)31(35)25(9)23(29)7)27-16-15-17-28(20-27)34(13-3,14-4)30-19-22(6)32(36)26(10)24(30)8/h1-2,15-20,35-36H,13-14H2,3-10H3. The monoisotopic (exact) mass is 478 g/mol. The normalized spacial score (nSPS) is 11.7. The molecule has 0 fully saturated rings. The molecule has 0 heterocycles. The molecule has 36 heavy (non-hydrogen) atoms. The second kappa shape index (κ2) is 9.79. The molecular formula is C34H38O2. The number of phenols is 2. The summed E-state index contributed by atoms with van der Waals surface area (Å²) in [6.07, 6.45) is 14.2. The summed E-state index contributed by atoms with van der Waals surface area (Å²) in [5, 5.41) is 21.1. The van der Waals surface area contributed by atoms with E-state index in [9.17, 15) is 10.2 Å². The van der Waals surface area contributed by atoms with Gasteiger partial charge in [-0.3, -0.25) is 0 Å². The van der Waals surface area contributed by atoms with Crippen molar-refractivity contribution in [3.05, 3.63) is 92.0 Å². The third-order valence-electron chi connectivity index (χ3n) is 8.52. The zero-order valence-electron chi connectivity index (χ0n) is 22.9. The molecule has 0 aromatic heterocycles. The van der Waals surface area contributed by atoms with E-state index >= 15 is 0 Å². The fourth-order valence-electron chi connectivity index (χ4n) is 5.79. The number of hydrogen-bond acceptors (Lipinski definition) is 2. The number of phenolic OH excluding ortho intramolecular Hbond substituents is 2. The minimum absolute atomic E-state index is 0.270. The largest absolute Gasteiger partial charge is 0.507 e. The predicted octanol–water partition coefficient (Wildman–Crippen LogP) is 7.61. The summed E-state index contributed by atoms with van der Waals surface area (Å²) in [4.78, 5) is 0. The summed E-state index contributed by atoms with van der Waals surface area (Å²) in [6, 6.07) is 12.4. The molecule has 0 bridgehead atoms. The smallest absolute Gasteiger partial charge is 0.141 e. The molecule has 0 saturated heterocycles. The number of aryl methyl sites for hydroxylation is 2. The van der Waals surface area contributed by atoms with Gasteiger partial charge in [-0.2, -0.15) is 0 Å². The molecular weight excluding hydrogens is 440 g/mol. The number of benzene rings is 3. The lowest BCUT2D eigenvalue weighted by atomic mass is 9.66. The van der Waals surface area contributed by atoms with Gasteiger partial charge < -0.3 is 10.2 Å².